The van der Waals surface area contributed by atoms with E-state index in [2.05, 4.69) is 32.2 Å². The van der Waals surface area contributed by atoms with Gasteiger partial charge in [-0.15, -0.1) is 0 Å². The van der Waals surface area contributed by atoms with E-state index in [9.17, 15) is 4.39 Å². The zero-order valence-corrected chi connectivity index (χ0v) is 11.0. The summed E-state index contributed by atoms with van der Waals surface area (Å²) in [5, 5.41) is 3.54. The van der Waals surface area contributed by atoms with Crippen molar-refractivity contribution in [1.82, 2.24) is 5.32 Å². The Balaban J connectivity index is 1.95. The molecule has 1 aliphatic rings. The van der Waals surface area contributed by atoms with Crippen molar-refractivity contribution in [2.75, 3.05) is 6.54 Å². The highest BCUT2D eigenvalue weighted by molar-refractivity contribution is 5.23. The third-order valence-electron chi connectivity index (χ3n) is 3.59. The fraction of sp³-hybridized carbons (Fsp3) is 0.600. The molecule has 0 aromatic heterocycles. The van der Waals surface area contributed by atoms with Crippen LogP contribution in [0.3, 0.4) is 0 Å². The Labute approximate surface area is 103 Å². The molecule has 0 bridgehead atoms. The quantitative estimate of drug-likeness (QED) is 0.842. The summed E-state index contributed by atoms with van der Waals surface area (Å²) >= 11 is 0. The van der Waals surface area contributed by atoms with Crippen LogP contribution in [-0.2, 0) is 0 Å². The molecule has 1 fully saturated rings. The van der Waals surface area contributed by atoms with E-state index in [0.29, 0.717) is 11.8 Å². The van der Waals surface area contributed by atoms with Crippen LogP contribution in [0.15, 0.2) is 24.3 Å². The number of rotatable bonds is 3. The van der Waals surface area contributed by atoms with Crippen molar-refractivity contribution >= 4 is 0 Å². The summed E-state index contributed by atoms with van der Waals surface area (Å²) in [6.45, 7) is 7.58. The van der Waals surface area contributed by atoms with Gasteiger partial charge >= 0.3 is 0 Å². The van der Waals surface area contributed by atoms with Crippen molar-refractivity contribution in [1.29, 1.82) is 0 Å². The maximum absolute atomic E-state index is 13.2. The second kappa shape index (κ2) is 4.77. The van der Waals surface area contributed by atoms with Crippen LogP contribution >= 0.6 is 0 Å². The van der Waals surface area contributed by atoms with E-state index < -0.39 is 0 Å². The predicted octanol–water partition coefficient (Wildman–Crippen LogP) is 3.71. The molecule has 1 nitrogen and oxygen atoms in total. The van der Waals surface area contributed by atoms with E-state index in [1.807, 2.05) is 6.07 Å². The maximum atomic E-state index is 13.2. The van der Waals surface area contributed by atoms with E-state index in [1.165, 1.54) is 18.9 Å². The zero-order chi connectivity index (χ0) is 12.5. The van der Waals surface area contributed by atoms with Crippen LogP contribution in [0.5, 0.6) is 0 Å². The highest BCUT2D eigenvalue weighted by Gasteiger charge is 2.32. The highest BCUT2D eigenvalue weighted by atomic mass is 19.1. The van der Waals surface area contributed by atoms with E-state index in [4.69, 9.17) is 0 Å². The van der Waals surface area contributed by atoms with Gasteiger partial charge in [0.1, 0.15) is 5.82 Å². The summed E-state index contributed by atoms with van der Waals surface area (Å²) in [5.74, 6) is 1.09. The second-order valence-electron chi connectivity index (χ2n) is 6.13. The first kappa shape index (κ1) is 12.6. The van der Waals surface area contributed by atoms with E-state index in [-0.39, 0.29) is 11.4 Å². The summed E-state index contributed by atoms with van der Waals surface area (Å²) in [4.78, 5) is 0. The lowest BCUT2D eigenvalue weighted by Crippen LogP contribution is -2.42. The van der Waals surface area contributed by atoms with Gasteiger partial charge in [-0.25, -0.2) is 4.39 Å². The Morgan fingerprint density at radius 1 is 1.29 bits per heavy atom. The number of hydrogen-bond donors (Lipinski definition) is 1. The average Bonchev–Trinajstić information content (AvgIpc) is 2.14. The van der Waals surface area contributed by atoms with Crippen LogP contribution in [-0.4, -0.2) is 12.1 Å². The van der Waals surface area contributed by atoms with Crippen molar-refractivity contribution in [3.05, 3.63) is 35.6 Å². The van der Waals surface area contributed by atoms with E-state index >= 15 is 0 Å². The minimum Gasteiger partial charge on any atom is -0.312 e. The Bertz CT molecular complexity index is 381. The Kier molecular flexibility index (Phi) is 3.53. The van der Waals surface area contributed by atoms with Gasteiger partial charge in [0.15, 0.2) is 0 Å². The molecule has 2 unspecified atom stereocenters. The molecule has 2 heteroatoms. The standard InChI is InChI=1S/C15H22FN/c1-15(2,3)17-10-12-7-8-14(12)11-5-4-6-13(16)9-11/h4-6,9,12,14,17H,7-8,10H2,1-3H3. The first-order valence-corrected chi connectivity index (χ1v) is 6.46. The average molecular weight is 235 g/mol. The van der Waals surface area contributed by atoms with Crippen molar-refractivity contribution in [2.45, 2.75) is 45.1 Å². The van der Waals surface area contributed by atoms with Gasteiger partial charge in [-0.2, -0.15) is 0 Å². The van der Waals surface area contributed by atoms with Crippen LogP contribution in [0, 0.1) is 11.7 Å². The molecule has 0 spiro atoms. The Hall–Kier alpha value is -0.890. The molecule has 0 saturated heterocycles. The molecule has 2 rings (SSSR count). The SMILES string of the molecule is CC(C)(C)NCC1CCC1c1cccc(F)c1. The number of halogens is 1. The number of hydrogen-bond acceptors (Lipinski definition) is 1. The number of nitrogens with one attached hydrogen (secondary N) is 1. The van der Waals surface area contributed by atoms with Crippen LogP contribution < -0.4 is 5.32 Å². The van der Waals surface area contributed by atoms with Crippen molar-refractivity contribution in [3.63, 3.8) is 0 Å². The molecule has 2 atom stereocenters. The molecule has 1 aromatic rings. The van der Waals surface area contributed by atoms with E-state index in [0.717, 1.165) is 12.1 Å². The molecule has 1 N–H and O–H groups in total. The lowest BCUT2D eigenvalue weighted by Gasteiger charge is -2.39. The van der Waals surface area contributed by atoms with Gasteiger partial charge in [0, 0.05) is 5.54 Å². The Morgan fingerprint density at radius 2 is 2.06 bits per heavy atom. The van der Waals surface area contributed by atoms with Crippen LogP contribution in [0.2, 0.25) is 0 Å². The highest BCUT2D eigenvalue weighted by Crippen LogP contribution is 2.42. The molecule has 1 saturated carbocycles. The van der Waals surface area contributed by atoms with Crippen LogP contribution in [0.25, 0.3) is 0 Å². The van der Waals surface area contributed by atoms with Gasteiger partial charge in [0.25, 0.3) is 0 Å². The summed E-state index contributed by atoms with van der Waals surface area (Å²) < 4.78 is 13.2. The summed E-state index contributed by atoms with van der Waals surface area (Å²) in [5.41, 5.74) is 1.33. The van der Waals surface area contributed by atoms with Gasteiger partial charge in [-0.05, 0) is 69.7 Å². The van der Waals surface area contributed by atoms with Gasteiger partial charge in [-0.3, -0.25) is 0 Å². The van der Waals surface area contributed by atoms with Crippen LogP contribution in [0.4, 0.5) is 4.39 Å². The van der Waals surface area contributed by atoms with Crippen LogP contribution in [0.1, 0.15) is 45.1 Å². The van der Waals surface area contributed by atoms with Gasteiger partial charge in [0.05, 0.1) is 0 Å². The van der Waals surface area contributed by atoms with Gasteiger partial charge in [-0.1, -0.05) is 12.1 Å². The molecule has 1 aliphatic carbocycles. The topological polar surface area (TPSA) is 12.0 Å². The van der Waals surface area contributed by atoms with Gasteiger partial charge < -0.3 is 5.32 Å². The molecular formula is C15H22FN. The fourth-order valence-electron chi connectivity index (χ4n) is 2.43. The third kappa shape index (κ3) is 3.29. The maximum Gasteiger partial charge on any atom is 0.123 e. The predicted molar refractivity (Wildman–Crippen MR) is 69.6 cm³/mol. The molecular weight excluding hydrogens is 213 g/mol. The normalized spacial score (nSPS) is 24.5. The molecule has 17 heavy (non-hydrogen) atoms. The molecule has 0 amide bonds. The molecule has 0 radical (unpaired) electrons. The minimum absolute atomic E-state index is 0.114. The summed E-state index contributed by atoms with van der Waals surface area (Å²) in [6, 6.07) is 7.08. The third-order valence-corrected chi connectivity index (χ3v) is 3.59. The first-order valence-electron chi connectivity index (χ1n) is 6.46. The Morgan fingerprint density at radius 3 is 2.59 bits per heavy atom. The largest absolute Gasteiger partial charge is 0.312 e. The lowest BCUT2D eigenvalue weighted by atomic mass is 9.70. The summed E-state index contributed by atoms with van der Waals surface area (Å²) in [7, 11) is 0. The molecule has 94 valence electrons. The second-order valence-corrected chi connectivity index (χ2v) is 6.13. The lowest BCUT2D eigenvalue weighted by molar-refractivity contribution is 0.225. The summed E-state index contributed by atoms with van der Waals surface area (Å²) in [6.07, 6.45) is 2.45. The smallest absolute Gasteiger partial charge is 0.123 e. The minimum atomic E-state index is -0.114. The molecule has 1 aromatic carbocycles. The van der Waals surface area contributed by atoms with Gasteiger partial charge in [0.2, 0.25) is 0 Å². The zero-order valence-electron chi connectivity index (χ0n) is 11.0. The molecule has 0 heterocycles. The number of benzene rings is 1. The molecule has 0 aliphatic heterocycles. The van der Waals surface area contributed by atoms with Crippen molar-refractivity contribution < 1.29 is 4.39 Å². The van der Waals surface area contributed by atoms with E-state index in [1.54, 1.807) is 6.07 Å². The van der Waals surface area contributed by atoms with Crippen molar-refractivity contribution in [3.8, 4) is 0 Å². The first-order chi connectivity index (χ1) is 7.96. The monoisotopic (exact) mass is 235 g/mol. The fourth-order valence-corrected chi connectivity index (χ4v) is 2.43. The van der Waals surface area contributed by atoms with Crippen molar-refractivity contribution in [2.24, 2.45) is 5.92 Å².